The van der Waals surface area contributed by atoms with Crippen LogP contribution in [0.4, 0.5) is 5.69 Å². The fourth-order valence-corrected chi connectivity index (χ4v) is 3.09. The summed E-state index contributed by atoms with van der Waals surface area (Å²) >= 11 is 5.18. The second kappa shape index (κ2) is 7.67. The summed E-state index contributed by atoms with van der Waals surface area (Å²) in [4.78, 5) is 37.8. The monoisotopic (exact) mass is 381 g/mol. The summed E-state index contributed by atoms with van der Waals surface area (Å²) in [5, 5.41) is 5.75. The molecule has 3 rings (SSSR count). The van der Waals surface area contributed by atoms with Gasteiger partial charge in [0.15, 0.2) is 5.11 Å². The Bertz CT molecular complexity index is 920. The summed E-state index contributed by atoms with van der Waals surface area (Å²) in [5.41, 5.74) is 3.64. The van der Waals surface area contributed by atoms with Crippen molar-refractivity contribution in [3.63, 3.8) is 0 Å². The van der Waals surface area contributed by atoms with Crippen molar-refractivity contribution in [1.29, 1.82) is 0 Å². The van der Waals surface area contributed by atoms with Crippen LogP contribution in [0.15, 0.2) is 42.5 Å². The second-order valence-electron chi connectivity index (χ2n) is 6.38. The number of fused-ring (bicyclic) bond motifs is 1. The van der Waals surface area contributed by atoms with E-state index in [1.54, 1.807) is 24.3 Å². The van der Waals surface area contributed by atoms with Gasteiger partial charge in [0.05, 0.1) is 11.1 Å². The van der Waals surface area contributed by atoms with E-state index in [2.05, 4.69) is 10.6 Å². The van der Waals surface area contributed by atoms with Crippen molar-refractivity contribution in [2.24, 2.45) is 0 Å². The molecule has 0 unspecified atom stereocenters. The predicted molar refractivity (Wildman–Crippen MR) is 107 cm³/mol. The lowest BCUT2D eigenvalue weighted by atomic mass is 10.1. The van der Waals surface area contributed by atoms with E-state index in [1.165, 1.54) is 0 Å². The lowest BCUT2D eigenvalue weighted by Crippen LogP contribution is -2.38. The van der Waals surface area contributed by atoms with Gasteiger partial charge in [-0.3, -0.25) is 19.3 Å². The van der Waals surface area contributed by atoms with Gasteiger partial charge in [-0.15, -0.1) is 0 Å². The Labute approximate surface area is 162 Å². The summed E-state index contributed by atoms with van der Waals surface area (Å²) in [5.74, 6) is -1.12. The number of benzene rings is 2. The molecule has 0 aliphatic carbocycles. The van der Waals surface area contributed by atoms with Crippen LogP contribution in [-0.4, -0.2) is 34.3 Å². The molecule has 0 atom stereocenters. The molecule has 138 valence electrons. The number of thiocarbonyl (C=S) groups is 1. The number of nitrogens with one attached hydrogen (secondary N) is 2. The molecule has 1 aliphatic rings. The van der Waals surface area contributed by atoms with Crippen molar-refractivity contribution < 1.29 is 14.4 Å². The highest BCUT2D eigenvalue weighted by molar-refractivity contribution is 7.80. The molecule has 0 radical (unpaired) electrons. The molecule has 0 aromatic heterocycles. The Morgan fingerprint density at radius 2 is 1.67 bits per heavy atom. The average Bonchev–Trinajstić information content (AvgIpc) is 2.87. The van der Waals surface area contributed by atoms with Crippen LogP contribution in [0.2, 0.25) is 0 Å². The normalized spacial score (nSPS) is 12.7. The van der Waals surface area contributed by atoms with Crippen LogP contribution in [0, 0.1) is 13.8 Å². The smallest absolute Gasteiger partial charge is 0.261 e. The Hall–Kier alpha value is -3.06. The van der Waals surface area contributed by atoms with E-state index in [-0.39, 0.29) is 35.8 Å². The Kier molecular flexibility index (Phi) is 5.32. The average molecular weight is 381 g/mol. The van der Waals surface area contributed by atoms with Gasteiger partial charge in [0.25, 0.3) is 11.8 Å². The number of carbonyl (C=O) groups excluding carboxylic acids is 3. The third-order valence-corrected chi connectivity index (χ3v) is 4.54. The van der Waals surface area contributed by atoms with E-state index in [0.29, 0.717) is 11.1 Å². The molecule has 2 N–H and O–H groups in total. The van der Waals surface area contributed by atoms with Crippen LogP contribution in [0.3, 0.4) is 0 Å². The minimum absolute atomic E-state index is 0.00423. The predicted octanol–water partition coefficient (Wildman–Crippen LogP) is 2.80. The molecule has 2 aromatic rings. The van der Waals surface area contributed by atoms with E-state index in [4.69, 9.17) is 12.2 Å². The van der Waals surface area contributed by atoms with E-state index < -0.39 is 0 Å². The number of rotatable bonds is 4. The van der Waals surface area contributed by atoms with Crippen molar-refractivity contribution >= 4 is 40.7 Å². The van der Waals surface area contributed by atoms with Crippen LogP contribution >= 0.6 is 12.2 Å². The molecular weight excluding hydrogens is 362 g/mol. The summed E-state index contributed by atoms with van der Waals surface area (Å²) < 4.78 is 0. The van der Waals surface area contributed by atoms with Gasteiger partial charge >= 0.3 is 0 Å². The maximum Gasteiger partial charge on any atom is 0.261 e. The number of anilines is 1. The molecule has 0 saturated heterocycles. The third kappa shape index (κ3) is 4.03. The number of hydrogen-bond donors (Lipinski definition) is 2. The van der Waals surface area contributed by atoms with Crippen LogP contribution in [0.25, 0.3) is 0 Å². The van der Waals surface area contributed by atoms with Crippen molar-refractivity contribution in [2.45, 2.75) is 20.3 Å². The molecule has 1 aliphatic heterocycles. The van der Waals surface area contributed by atoms with E-state index in [0.717, 1.165) is 21.7 Å². The van der Waals surface area contributed by atoms with E-state index >= 15 is 0 Å². The van der Waals surface area contributed by atoms with Crippen molar-refractivity contribution in [3.05, 3.63) is 64.7 Å². The fraction of sp³-hybridized carbons (Fsp3) is 0.200. The summed E-state index contributed by atoms with van der Waals surface area (Å²) in [6.07, 6.45) is -0.0277. The van der Waals surface area contributed by atoms with Crippen LogP contribution in [0.5, 0.6) is 0 Å². The van der Waals surface area contributed by atoms with Gasteiger partial charge in [-0.2, -0.15) is 0 Å². The molecule has 27 heavy (non-hydrogen) atoms. The molecule has 3 amide bonds. The van der Waals surface area contributed by atoms with Crippen molar-refractivity contribution in [2.75, 3.05) is 11.9 Å². The molecule has 0 fully saturated rings. The van der Waals surface area contributed by atoms with E-state index in [9.17, 15) is 14.4 Å². The molecule has 0 saturated carbocycles. The lowest BCUT2D eigenvalue weighted by Gasteiger charge is -2.15. The number of aryl methyl sites for hydroxylation is 2. The number of carbonyl (C=O) groups is 3. The fourth-order valence-electron chi connectivity index (χ4n) is 2.87. The third-order valence-electron chi connectivity index (χ3n) is 4.33. The first-order valence-electron chi connectivity index (χ1n) is 8.50. The summed E-state index contributed by atoms with van der Waals surface area (Å²) in [6, 6.07) is 12.5. The minimum atomic E-state index is -0.375. The molecule has 1 heterocycles. The van der Waals surface area contributed by atoms with Gasteiger partial charge in [-0.1, -0.05) is 24.3 Å². The lowest BCUT2D eigenvalue weighted by molar-refractivity contribution is -0.119. The summed E-state index contributed by atoms with van der Waals surface area (Å²) in [6.45, 7) is 3.91. The minimum Gasteiger partial charge on any atom is -0.332 e. The van der Waals surface area contributed by atoms with Crippen LogP contribution in [-0.2, 0) is 4.79 Å². The number of hydrogen-bond acceptors (Lipinski definition) is 4. The Balaban J connectivity index is 1.54. The highest BCUT2D eigenvalue weighted by atomic mass is 32.1. The van der Waals surface area contributed by atoms with Crippen molar-refractivity contribution in [1.82, 2.24) is 10.2 Å². The first-order chi connectivity index (χ1) is 12.9. The summed E-state index contributed by atoms with van der Waals surface area (Å²) in [7, 11) is 0. The van der Waals surface area contributed by atoms with Crippen molar-refractivity contribution in [3.8, 4) is 0 Å². The number of amides is 3. The zero-order valence-electron chi connectivity index (χ0n) is 15.0. The SMILES string of the molecule is Cc1ccc(C)c(NC(=S)NC(=O)CCN2C(=O)c3ccccc3C2=O)c1. The maximum atomic E-state index is 12.3. The zero-order chi connectivity index (χ0) is 19.6. The molecule has 0 spiro atoms. The largest absolute Gasteiger partial charge is 0.332 e. The number of imide groups is 1. The van der Waals surface area contributed by atoms with Crippen LogP contribution in [0.1, 0.15) is 38.3 Å². The Morgan fingerprint density at radius 1 is 1.04 bits per heavy atom. The van der Waals surface area contributed by atoms with Gasteiger partial charge in [0, 0.05) is 18.7 Å². The standard InChI is InChI=1S/C20H19N3O3S/c1-12-7-8-13(2)16(11-12)21-20(27)22-17(24)9-10-23-18(25)14-5-3-4-6-15(14)19(23)26/h3-8,11H,9-10H2,1-2H3,(H2,21,22,24,27). The molecule has 7 heteroatoms. The molecular formula is C20H19N3O3S. The van der Waals surface area contributed by atoms with E-state index in [1.807, 2.05) is 32.0 Å². The topological polar surface area (TPSA) is 78.5 Å². The van der Waals surface area contributed by atoms with Gasteiger partial charge in [-0.25, -0.2) is 0 Å². The highest BCUT2D eigenvalue weighted by Gasteiger charge is 2.34. The Morgan fingerprint density at radius 3 is 2.30 bits per heavy atom. The van der Waals surface area contributed by atoms with Crippen LogP contribution < -0.4 is 10.6 Å². The molecule has 6 nitrogen and oxygen atoms in total. The van der Waals surface area contributed by atoms with Gasteiger partial charge < -0.3 is 10.6 Å². The number of nitrogens with zero attached hydrogens (tertiary/aromatic N) is 1. The quantitative estimate of drug-likeness (QED) is 0.629. The molecule has 2 aromatic carbocycles. The highest BCUT2D eigenvalue weighted by Crippen LogP contribution is 2.22. The zero-order valence-corrected chi connectivity index (χ0v) is 15.9. The first kappa shape index (κ1) is 18.7. The maximum absolute atomic E-state index is 12.3. The second-order valence-corrected chi connectivity index (χ2v) is 6.79. The van der Waals surface area contributed by atoms with Gasteiger partial charge in [0.2, 0.25) is 5.91 Å². The first-order valence-corrected chi connectivity index (χ1v) is 8.91. The van der Waals surface area contributed by atoms with Gasteiger partial charge in [0.1, 0.15) is 0 Å². The molecule has 0 bridgehead atoms. The van der Waals surface area contributed by atoms with Gasteiger partial charge in [-0.05, 0) is 55.4 Å².